The van der Waals surface area contributed by atoms with E-state index in [1.807, 2.05) is 34.0 Å². The van der Waals surface area contributed by atoms with E-state index >= 15 is 0 Å². The number of benzene rings is 10. The van der Waals surface area contributed by atoms with Crippen molar-refractivity contribution in [3.05, 3.63) is 237 Å². The van der Waals surface area contributed by atoms with Crippen molar-refractivity contribution < 1.29 is 0 Å². The number of hydrogen-bond donors (Lipinski definition) is 0. The van der Waals surface area contributed by atoms with Crippen LogP contribution in [-0.2, 0) is 0 Å². The Labute approximate surface area is 394 Å². The molecule has 6 heteroatoms. The predicted molar refractivity (Wildman–Crippen MR) is 289 cm³/mol. The van der Waals surface area contributed by atoms with Gasteiger partial charge >= 0.3 is 0 Å². The van der Waals surface area contributed by atoms with Gasteiger partial charge in [0.25, 0.3) is 0 Å². The van der Waals surface area contributed by atoms with E-state index in [1.165, 1.54) is 60.5 Å². The van der Waals surface area contributed by atoms with Crippen molar-refractivity contribution in [3.63, 3.8) is 0 Å². The van der Waals surface area contributed by atoms with E-state index in [4.69, 9.17) is 0 Å². The summed E-state index contributed by atoms with van der Waals surface area (Å²) >= 11 is 5.55. The van der Waals surface area contributed by atoms with Gasteiger partial charge in [-0.3, -0.25) is 0 Å². The van der Waals surface area contributed by atoms with Gasteiger partial charge < -0.3 is 14.7 Å². The van der Waals surface area contributed by atoms with Crippen molar-refractivity contribution in [2.75, 3.05) is 14.7 Å². The standard InChI is InChI=1S/C60H39N3S3/c1-4-16-40(17-5-1)61(43-28-31-58-52(37-43)49-22-10-13-25-55(49)64-58)46-34-47(62(41-18-6-2-7-19-41)44-29-32-59-53(38-44)50-23-11-14-26-56(50)65-59)36-48(35-46)63(42-20-8-3-9-21-42)45-30-33-60-54(39-45)51-24-12-15-27-57(51)66-60/h1-39H. The molecule has 3 aromatic heterocycles. The van der Waals surface area contributed by atoms with Gasteiger partial charge in [-0.05, 0) is 127 Å². The van der Waals surface area contributed by atoms with Crippen LogP contribution in [0, 0.1) is 0 Å². The lowest BCUT2D eigenvalue weighted by Crippen LogP contribution is -2.16. The summed E-state index contributed by atoms with van der Waals surface area (Å²) in [6.45, 7) is 0. The maximum atomic E-state index is 2.43. The first-order valence-corrected chi connectivity index (χ1v) is 24.6. The maximum Gasteiger partial charge on any atom is 0.0503 e. The summed E-state index contributed by atoms with van der Waals surface area (Å²) < 4.78 is 7.72. The molecule has 13 rings (SSSR count). The lowest BCUT2D eigenvalue weighted by Gasteiger charge is -2.33. The Kier molecular flexibility index (Phi) is 9.41. The van der Waals surface area contributed by atoms with Crippen LogP contribution in [0.25, 0.3) is 60.5 Å². The third kappa shape index (κ3) is 6.69. The highest BCUT2D eigenvalue weighted by Crippen LogP contribution is 2.49. The summed E-state index contributed by atoms with van der Waals surface area (Å²) in [7, 11) is 0. The van der Waals surface area contributed by atoms with Crippen LogP contribution < -0.4 is 14.7 Å². The summed E-state index contributed by atoms with van der Waals surface area (Å²) in [6, 6.07) is 86.7. The Morgan fingerprint density at radius 2 is 0.439 bits per heavy atom. The van der Waals surface area contributed by atoms with Crippen molar-refractivity contribution in [1.29, 1.82) is 0 Å². The van der Waals surface area contributed by atoms with Gasteiger partial charge in [-0.1, -0.05) is 109 Å². The number of fused-ring (bicyclic) bond motifs is 9. The Morgan fingerprint density at radius 3 is 0.742 bits per heavy atom. The van der Waals surface area contributed by atoms with E-state index < -0.39 is 0 Å². The second kappa shape index (κ2) is 16.1. The zero-order valence-electron chi connectivity index (χ0n) is 35.6. The second-order valence-corrected chi connectivity index (χ2v) is 19.8. The molecule has 3 heterocycles. The molecule has 0 fully saturated rings. The third-order valence-electron chi connectivity index (χ3n) is 12.6. The molecule has 66 heavy (non-hydrogen) atoms. The average Bonchev–Trinajstić information content (AvgIpc) is 4.06. The first kappa shape index (κ1) is 38.7. The number of rotatable bonds is 9. The van der Waals surface area contributed by atoms with Gasteiger partial charge in [0.2, 0.25) is 0 Å². The Morgan fingerprint density at radius 1 is 0.182 bits per heavy atom. The Hall–Kier alpha value is -7.74. The van der Waals surface area contributed by atoms with E-state index in [0.717, 1.165) is 51.2 Å². The lowest BCUT2D eigenvalue weighted by atomic mass is 10.1. The van der Waals surface area contributed by atoms with E-state index in [-0.39, 0.29) is 0 Å². The molecule has 13 aromatic rings. The molecule has 0 radical (unpaired) electrons. The minimum absolute atomic E-state index is 1.04. The zero-order valence-corrected chi connectivity index (χ0v) is 38.0. The van der Waals surface area contributed by atoms with Crippen molar-refractivity contribution in [2.24, 2.45) is 0 Å². The van der Waals surface area contributed by atoms with Crippen LogP contribution in [-0.4, -0.2) is 0 Å². The number of para-hydroxylation sites is 3. The molecule has 0 aliphatic carbocycles. The SMILES string of the molecule is c1ccc(N(c2cc(N(c3ccccc3)c3ccc4sc5ccccc5c4c3)cc(N(c3ccccc3)c3ccc4sc5ccccc5c4c3)c2)c2ccc3sc4ccccc4c3c2)cc1. The molecule has 0 bridgehead atoms. The molecular formula is C60H39N3S3. The van der Waals surface area contributed by atoms with E-state index in [2.05, 4.69) is 251 Å². The van der Waals surface area contributed by atoms with Gasteiger partial charge in [0, 0.05) is 94.6 Å². The monoisotopic (exact) mass is 897 g/mol. The van der Waals surface area contributed by atoms with Crippen LogP contribution in [0.1, 0.15) is 0 Å². The van der Waals surface area contributed by atoms with Gasteiger partial charge in [0.15, 0.2) is 0 Å². The van der Waals surface area contributed by atoms with Crippen molar-refractivity contribution >= 4 is 146 Å². The molecule has 0 atom stereocenters. The fourth-order valence-electron chi connectivity index (χ4n) is 9.60. The fourth-order valence-corrected chi connectivity index (χ4v) is 12.9. The summed E-state index contributed by atoms with van der Waals surface area (Å²) in [4.78, 5) is 7.28. The largest absolute Gasteiger partial charge is 0.310 e. The Balaban J connectivity index is 1.10. The van der Waals surface area contributed by atoms with Gasteiger partial charge in [-0.15, -0.1) is 34.0 Å². The summed E-state index contributed by atoms with van der Waals surface area (Å²) in [5, 5.41) is 7.61. The number of hydrogen-bond acceptors (Lipinski definition) is 6. The van der Waals surface area contributed by atoms with Gasteiger partial charge in [-0.25, -0.2) is 0 Å². The topological polar surface area (TPSA) is 9.72 Å². The fraction of sp³-hybridized carbons (Fsp3) is 0. The van der Waals surface area contributed by atoms with Crippen LogP contribution in [0.3, 0.4) is 0 Å². The molecule has 0 saturated carbocycles. The number of nitrogens with zero attached hydrogens (tertiary/aromatic N) is 3. The third-order valence-corrected chi connectivity index (χ3v) is 16.0. The summed E-state index contributed by atoms with van der Waals surface area (Å²) in [5.41, 5.74) is 9.63. The van der Waals surface area contributed by atoms with Crippen LogP contribution in [0.5, 0.6) is 0 Å². The second-order valence-electron chi connectivity index (χ2n) is 16.6. The minimum atomic E-state index is 1.04. The van der Waals surface area contributed by atoms with Gasteiger partial charge in [0.1, 0.15) is 0 Å². The normalized spacial score (nSPS) is 11.6. The van der Waals surface area contributed by atoms with E-state index in [1.54, 1.807) is 0 Å². The highest BCUT2D eigenvalue weighted by atomic mass is 32.1. The molecule has 0 aliphatic rings. The first-order chi connectivity index (χ1) is 32.7. The average molecular weight is 898 g/mol. The van der Waals surface area contributed by atoms with Crippen molar-refractivity contribution in [1.82, 2.24) is 0 Å². The van der Waals surface area contributed by atoms with Crippen molar-refractivity contribution in [3.8, 4) is 0 Å². The molecule has 0 unspecified atom stereocenters. The zero-order chi connectivity index (χ0) is 43.6. The minimum Gasteiger partial charge on any atom is -0.310 e. The van der Waals surface area contributed by atoms with Crippen molar-refractivity contribution in [2.45, 2.75) is 0 Å². The first-order valence-electron chi connectivity index (χ1n) is 22.1. The molecule has 0 spiro atoms. The molecule has 312 valence electrons. The highest BCUT2D eigenvalue weighted by molar-refractivity contribution is 7.26. The van der Waals surface area contributed by atoms with Gasteiger partial charge in [0.05, 0.1) is 17.1 Å². The number of anilines is 9. The number of thiophene rings is 3. The van der Waals surface area contributed by atoms with E-state index in [9.17, 15) is 0 Å². The van der Waals surface area contributed by atoms with Crippen LogP contribution in [0.15, 0.2) is 237 Å². The molecule has 3 nitrogen and oxygen atoms in total. The molecular weight excluding hydrogens is 859 g/mol. The van der Waals surface area contributed by atoms with Gasteiger partial charge in [-0.2, -0.15) is 0 Å². The van der Waals surface area contributed by atoms with Crippen LogP contribution >= 0.6 is 34.0 Å². The molecule has 0 aliphatic heterocycles. The molecule has 10 aromatic carbocycles. The van der Waals surface area contributed by atoms with Crippen LogP contribution in [0.4, 0.5) is 51.2 Å². The molecule has 0 N–H and O–H groups in total. The summed E-state index contributed by atoms with van der Waals surface area (Å²) in [5.74, 6) is 0. The quantitative estimate of drug-likeness (QED) is 0.143. The Bertz CT molecular complexity index is 3490. The molecule has 0 saturated heterocycles. The maximum absolute atomic E-state index is 2.43. The molecule has 0 amide bonds. The highest BCUT2D eigenvalue weighted by Gasteiger charge is 2.24. The smallest absolute Gasteiger partial charge is 0.0503 e. The predicted octanol–water partition coefficient (Wildman–Crippen LogP) is 19.2. The lowest BCUT2D eigenvalue weighted by molar-refractivity contribution is 1.23. The van der Waals surface area contributed by atoms with Crippen LogP contribution in [0.2, 0.25) is 0 Å². The van der Waals surface area contributed by atoms with E-state index in [0.29, 0.717) is 0 Å². The summed E-state index contributed by atoms with van der Waals surface area (Å²) in [6.07, 6.45) is 0.